The lowest BCUT2D eigenvalue weighted by molar-refractivity contribution is 1.21. The van der Waals surface area contributed by atoms with Gasteiger partial charge in [0.1, 0.15) is 11.5 Å². The molecule has 0 amide bonds. The average molecular weight is 196 g/mol. The van der Waals surface area contributed by atoms with Gasteiger partial charge in [0.15, 0.2) is 0 Å². The lowest BCUT2D eigenvalue weighted by atomic mass is 10.1. The van der Waals surface area contributed by atoms with Gasteiger partial charge in [-0.25, -0.2) is 4.98 Å². The molecule has 1 aromatic carbocycles. The van der Waals surface area contributed by atoms with Crippen LogP contribution in [0, 0.1) is 11.3 Å². The quantitative estimate of drug-likeness (QED) is 0.751. The lowest BCUT2D eigenvalue weighted by Crippen LogP contribution is -1.97. The predicted octanol–water partition coefficient (Wildman–Crippen LogP) is 1.60. The number of nitrogen functional groups attached to an aromatic ring is 1. The second kappa shape index (κ2) is 3.76. The molecule has 0 saturated carbocycles. The maximum Gasteiger partial charge on any atom is 0.150 e. The summed E-state index contributed by atoms with van der Waals surface area (Å²) in [4.78, 5) is 8.06. The van der Waals surface area contributed by atoms with E-state index in [9.17, 15) is 0 Å². The molecule has 1 heterocycles. The average Bonchev–Trinajstić information content (AvgIpc) is 2.30. The number of rotatable bonds is 1. The molecule has 2 N–H and O–H groups in total. The van der Waals surface area contributed by atoms with Gasteiger partial charge in [0.25, 0.3) is 0 Å². The van der Waals surface area contributed by atoms with Crippen LogP contribution in [0.2, 0.25) is 0 Å². The Morgan fingerprint density at radius 2 is 1.87 bits per heavy atom. The normalized spacial score (nSPS) is 9.53. The molecule has 0 aliphatic rings. The van der Waals surface area contributed by atoms with Crippen molar-refractivity contribution in [2.45, 2.75) is 0 Å². The van der Waals surface area contributed by atoms with Crippen LogP contribution in [-0.4, -0.2) is 9.97 Å². The molecule has 0 unspecified atom stereocenters. The number of benzene rings is 1. The minimum Gasteiger partial charge on any atom is -0.382 e. The molecule has 0 saturated heterocycles. The molecule has 72 valence electrons. The molecule has 1 aromatic heterocycles. The fraction of sp³-hybridized carbons (Fsp3) is 0. The van der Waals surface area contributed by atoms with Crippen LogP contribution < -0.4 is 5.73 Å². The monoisotopic (exact) mass is 196 g/mol. The van der Waals surface area contributed by atoms with Gasteiger partial charge in [-0.15, -0.1) is 0 Å². The summed E-state index contributed by atoms with van der Waals surface area (Å²) < 4.78 is 0. The van der Waals surface area contributed by atoms with Gasteiger partial charge in [0.05, 0.1) is 11.6 Å². The smallest absolute Gasteiger partial charge is 0.150 e. The summed E-state index contributed by atoms with van der Waals surface area (Å²) in [6.07, 6.45) is 3.08. The molecular weight excluding hydrogens is 188 g/mol. The Balaban J connectivity index is 2.65. The molecule has 0 aliphatic carbocycles. The highest BCUT2D eigenvalue weighted by atomic mass is 14.9. The number of nitriles is 1. The zero-order valence-electron chi connectivity index (χ0n) is 7.88. The van der Waals surface area contributed by atoms with Crippen LogP contribution in [0.25, 0.3) is 11.3 Å². The van der Waals surface area contributed by atoms with Crippen molar-refractivity contribution in [1.29, 1.82) is 5.26 Å². The number of aromatic nitrogens is 2. The van der Waals surface area contributed by atoms with Gasteiger partial charge >= 0.3 is 0 Å². The first-order chi connectivity index (χ1) is 7.33. The topological polar surface area (TPSA) is 75.6 Å². The molecule has 0 fully saturated rings. The fourth-order valence-electron chi connectivity index (χ4n) is 1.34. The van der Waals surface area contributed by atoms with E-state index >= 15 is 0 Å². The summed E-state index contributed by atoms with van der Waals surface area (Å²) in [5, 5.41) is 8.93. The Bertz CT molecular complexity index is 528. The van der Waals surface area contributed by atoms with Gasteiger partial charge in [-0.3, -0.25) is 4.98 Å². The van der Waals surface area contributed by atoms with Gasteiger partial charge in [-0.2, -0.15) is 5.26 Å². The summed E-state index contributed by atoms with van der Waals surface area (Å²) in [5.74, 6) is 0.334. The minimum atomic E-state index is 0.334. The second-order valence-electron chi connectivity index (χ2n) is 2.95. The van der Waals surface area contributed by atoms with Crippen LogP contribution in [0.3, 0.4) is 0 Å². The fourth-order valence-corrected chi connectivity index (χ4v) is 1.34. The van der Waals surface area contributed by atoms with Crippen molar-refractivity contribution >= 4 is 5.82 Å². The first-order valence-corrected chi connectivity index (χ1v) is 4.39. The third kappa shape index (κ3) is 1.63. The van der Waals surface area contributed by atoms with E-state index in [0.717, 1.165) is 0 Å². The van der Waals surface area contributed by atoms with E-state index in [-0.39, 0.29) is 0 Å². The highest BCUT2D eigenvalue weighted by Gasteiger charge is 2.08. The van der Waals surface area contributed by atoms with Crippen LogP contribution in [0.1, 0.15) is 5.56 Å². The van der Waals surface area contributed by atoms with Gasteiger partial charge in [0, 0.05) is 18.0 Å². The van der Waals surface area contributed by atoms with E-state index < -0.39 is 0 Å². The molecule has 0 atom stereocenters. The Labute approximate surface area is 87.0 Å². The number of nitrogens with two attached hydrogens (primary N) is 1. The van der Waals surface area contributed by atoms with Gasteiger partial charge in [-0.1, -0.05) is 18.2 Å². The van der Waals surface area contributed by atoms with Gasteiger partial charge < -0.3 is 5.73 Å². The Morgan fingerprint density at radius 3 is 2.60 bits per heavy atom. The molecule has 0 aliphatic heterocycles. The zero-order chi connectivity index (χ0) is 10.7. The van der Waals surface area contributed by atoms with Crippen LogP contribution in [-0.2, 0) is 0 Å². The number of anilines is 1. The van der Waals surface area contributed by atoms with Crippen molar-refractivity contribution in [3.8, 4) is 17.3 Å². The maximum absolute atomic E-state index is 8.93. The molecule has 4 heteroatoms. The number of hydrogen-bond acceptors (Lipinski definition) is 4. The zero-order valence-corrected chi connectivity index (χ0v) is 7.88. The first-order valence-electron chi connectivity index (χ1n) is 4.39. The predicted molar refractivity (Wildman–Crippen MR) is 56.6 cm³/mol. The summed E-state index contributed by atoms with van der Waals surface area (Å²) in [5.41, 5.74) is 7.50. The molecule has 15 heavy (non-hydrogen) atoms. The highest BCUT2D eigenvalue weighted by Crippen LogP contribution is 2.24. The molecule has 2 rings (SSSR count). The molecule has 0 spiro atoms. The lowest BCUT2D eigenvalue weighted by Gasteiger charge is -2.04. The Kier molecular flexibility index (Phi) is 2.30. The Hall–Kier alpha value is -2.41. The molecule has 2 aromatic rings. The SMILES string of the molecule is N#Cc1ccccc1-c1nccnc1N. The van der Waals surface area contributed by atoms with E-state index in [1.165, 1.54) is 6.20 Å². The van der Waals surface area contributed by atoms with Crippen molar-refractivity contribution < 1.29 is 0 Å². The van der Waals surface area contributed by atoms with Gasteiger partial charge in [0.2, 0.25) is 0 Å². The van der Waals surface area contributed by atoms with E-state index in [4.69, 9.17) is 11.0 Å². The molecule has 4 nitrogen and oxygen atoms in total. The Morgan fingerprint density at radius 1 is 1.13 bits per heavy atom. The minimum absolute atomic E-state index is 0.334. The molecule has 0 radical (unpaired) electrons. The summed E-state index contributed by atoms with van der Waals surface area (Å²) >= 11 is 0. The van der Waals surface area contributed by atoms with Crippen LogP contribution in [0.5, 0.6) is 0 Å². The van der Waals surface area contributed by atoms with Crippen molar-refractivity contribution in [3.05, 3.63) is 42.2 Å². The maximum atomic E-state index is 8.93. The largest absolute Gasteiger partial charge is 0.382 e. The van der Waals surface area contributed by atoms with Crippen molar-refractivity contribution in [2.75, 3.05) is 5.73 Å². The van der Waals surface area contributed by atoms with Crippen LogP contribution in [0.15, 0.2) is 36.7 Å². The number of hydrogen-bond donors (Lipinski definition) is 1. The van der Waals surface area contributed by atoms with Gasteiger partial charge in [-0.05, 0) is 6.07 Å². The van der Waals surface area contributed by atoms with E-state index in [1.54, 1.807) is 24.4 Å². The third-order valence-corrected chi connectivity index (χ3v) is 2.03. The van der Waals surface area contributed by atoms with Crippen molar-refractivity contribution in [1.82, 2.24) is 9.97 Å². The molecular formula is C11H8N4. The molecule has 0 bridgehead atoms. The first kappa shape index (κ1) is 9.16. The van der Waals surface area contributed by atoms with Crippen molar-refractivity contribution in [2.24, 2.45) is 0 Å². The van der Waals surface area contributed by atoms with Crippen LogP contribution >= 0.6 is 0 Å². The second-order valence-corrected chi connectivity index (χ2v) is 2.95. The van der Waals surface area contributed by atoms with E-state index in [1.807, 2.05) is 6.07 Å². The van der Waals surface area contributed by atoms with Crippen LogP contribution in [0.4, 0.5) is 5.82 Å². The highest BCUT2D eigenvalue weighted by molar-refractivity contribution is 5.74. The summed E-state index contributed by atoms with van der Waals surface area (Å²) in [7, 11) is 0. The van der Waals surface area contributed by atoms with E-state index in [0.29, 0.717) is 22.6 Å². The number of nitrogens with zero attached hydrogens (tertiary/aromatic N) is 3. The van der Waals surface area contributed by atoms with Crippen molar-refractivity contribution in [3.63, 3.8) is 0 Å². The van der Waals surface area contributed by atoms with E-state index in [2.05, 4.69) is 16.0 Å². The summed E-state index contributed by atoms with van der Waals surface area (Å²) in [6.45, 7) is 0. The summed E-state index contributed by atoms with van der Waals surface area (Å²) in [6, 6.07) is 9.27. The third-order valence-electron chi connectivity index (χ3n) is 2.03. The standard InChI is InChI=1S/C11H8N4/c12-7-8-3-1-2-4-9(8)10-11(13)15-6-5-14-10/h1-6H,(H2,13,15).